The van der Waals surface area contributed by atoms with Gasteiger partial charge in [-0.2, -0.15) is 9.97 Å². The number of nitrogens with zero attached hydrogens (tertiary/aromatic N) is 4. The molecule has 0 aliphatic carbocycles. The van der Waals surface area contributed by atoms with E-state index < -0.39 is 24.5 Å². The summed E-state index contributed by atoms with van der Waals surface area (Å²) in [6, 6.07) is 0. The van der Waals surface area contributed by atoms with Gasteiger partial charge in [-0.3, -0.25) is 4.57 Å². The number of hydrogen-bond donors (Lipinski definition) is 4. The van der Waals surface area contributed by atoms with Crippen molar-refractivity contribution in [3.63, 3.8) is 0 Å². The molecule has 0 bridgehead atoms. The van der Waals surface area contributed by atoms with Crippen molar-refractivity contribution in [1.82, 2.24) is 19.5 Å². The number of nitrogen functional groups attached to an aromatic ring is 1. The van der Waals surface area contributed by atoms with E-state index in [2.05, 4.69) is 15.0 Å². The summed E-state index contributed by atoms with van der Waals surface area (Å²) in [4.78, 5) is 12.1. The summed E-state index contributed by atoms with van der Waals surface area (Å²) < 4.78 is 11.8. The number of methoxy groups -OCH3 is 1. The van der Waals surface area contributed by atoms with E-state index in [-0.39, 0.29) is 18.4 Å². The standard InChI is InChI=1S/C11H15N5O5/c1-20-9-5-8(14-11(12)15-9)16(3-13-5)10-7(19)6(18)4(17)2-21-10/h3-4,6-7,10,17-19H,2H2,1H3,(H2,12,14,15)/t4-,6-,7+,10?/m1/s1. The summed E-state index contributed by atoms with van der Waals surface area (Å²) in [5.74, 6) is 0.175. The fraction of sp³-hybridized carbons (Fsp3) is 0.545. The molecule has 2 aromatic heterocycles. The second-order valence-electron chi connectivity index (χ2n) is 4.69. The minimum atomic E-state index is -1.34. The molecule has 1 aliphatic rings. The van der Waals surface area contributed by atoms with Gasteiger partial charge in [0.2, 0.25) is 11.8 Å². The van der Waals surface area contributed by atoms with Crippen LogP contribution in [0.5, 0.6) is 5.88 Å². The second kappa shape index (κ2) is 5.07. The maximum atomic E-state index is 10.0. The van der Waals surface area contributed by atoms with Crippen LogP contribution in [-0.2, 0) is 4.74 Å². The lowest BCUT2D eigenvalue weighted by Crippen LogP contribution is -2.50. The first-order valence-electron chi connectivity index (χ1n) is 6.22. The summed E-state index contributed by atoms with van der Waals surface area (Å²) in [6.07, 6.45) is -3.40. The number of imidazole rings is 1. The molecule has 2 aromatic rings. The molecule has 21 heavy (non-hydrogen) atoms. The Morgan fingerprint density at radius 2 is 2.10 bits per heavy atom. The van der Waals surface area contributed by atoms with E-state index in [0.29, 0.717) is 11.2 Å². The Hall–Kier alpha value is -2.01. The lowest BCUT2D eigenvalue weighted by molar-refractivity contribution is -0.210. The Labute approximate surface area is 118 Å². The molecule has 1 saturated heterocycles. The molecule has 0 amide bonds. The van der Waals surface area contributed by atoms with Gasteiger partial charge in [0.15, 0.2) is 17.4 Å². The van der Waals surface area contributed by atoms with Gasteiger partial charge in [-0.1, -0.05) is 0 Å². The Morgan fingerprint density at radius 1 is 1.33 bits per heavy atom. The van der Waals surface area contributed by atoms with Crippen LogP contribution in [0.15, 0.2) is 6.33 Å². The zero-order chi connectivity index (χ0) is 15.1. The highest BCUT2D eigenvalue weighted by Crippen LogP contribution is 2.29. The van der Waals surface area contributed by atoms with E-state index in [4.69, 9.17) is 15.2 Å². The molecule has 4 atom stereocenters. The Kier molecular flexibility index (Phi) is 3.37. The van der Waals surface area contributed by atoms with Gasteiger partial charge in [0, 0.05) is 0 Å². The summed E-state index contributed by atoms with van der Waals surface area (Å²) in [7, 11) is 1.42. The first-order chi connectivity index (χ1) is 10.0. The predicted molar refractivity (Wildman–Crippen MR) is 69.3 cm³/mol. The summed E-state index contributed by atoms with van der Waals surface area (Å²) in [5.41, 5.74) is 6.25. The fourth-order valence-electron chi connectivity index (χ4n) is 2.27. The smallest absolute Gasteiger partial charge is 0.246 e. The van der Waals surface area contributed by atoms with Crippen LogP contribution in [-0.4, -0.2) is 66.9 Å². The van der Waals surface area contributed by atoms with Crippen LogP contribution in [0.3, 0.4) is 0 Å². The Balaban J connectivity index is 2.07. The molecule has 3 rings (SSSR count). The van der Waals surface area contributed by atoms with Gasteiger partial charge in [0.25, 0.3) is 0 Å². The van der Waals surface area contributed by atoms with Gasteiger partial charge in [-0.25, -0.2) is 4.98 Å². The zero-order valence-corrected chi connectivity index (χ0v) is 11.1. The van der Waals surface area contributed by atoms with E-state index in [9.17, 15) is 15.3 Å². The van der Waals surface area contributed by atoms with Crippen molar-refractivity contribution in [2.24, 2.45) is 0 Å². The lowest BCUT2D eigenvalue weighted by Gasteiger charge is -2.35. The van der Waals surface area contributed by atoms with Crippen LogP contribution in [0.1, 0.15) is 6.23 Å². The number of anilines is 1. The highest BCUT2D eigenvalue weighted by Gasteiger charge is 2.39. The number of nitrogens with two attached hydrogens (primary N) is 1. The van der Waals surface area contributed by atoms with E-state index in [1.807, 2.05) is 0 Å². The minimum Gasteiger partial charge on any atom is -0.479 e. The fourth-order valence-corrected chi connectivity index (χ4v) is 2.27. The third-order valence-electron chi connectivity index (χ3n) is 3.35. The van der Waals surface area contributed by atoms with Crippen LogP contribution in [0.2, 0.25) is 0 Å². The molecule has 0 radical (unpaired) electrons. The summed E-state index contributed by atoms with van der Waals surface area (Å²) in [6.45, 7) is -0.125. The van der Waals surface area contributed by atoms with Crippen molar-refractivity contribution in [2.45, 2.75) is 24.5 Å². The van der Waals surface area contributed by atoms with Crippen molar-refractivity contribution in [1.29, 1.82) is 0 Å². The maximum Gasteiger partial charge on any atom is 0.246 e. The van der Waals surface area contributed by atoms with Crippen molar-refractivity contribution >= 4 is 17.1 Å². The van der Waals surface area contributed by atoms with Crippen molar-refractivity contribution in [3.8, 4) is 5.88 Å². The normalized spacial score (nSPS) is 29.7. The molecule has 0 spiro atoms. The number of aromatic nitrogens is 4. The molecule has 1 aliphatic heterocycles. The van der Waals surface area contributed by atoms with Crippen molar-refractivity contribution < 1.29 is 24.8 Å². The molecule has 3 heterocycles. The Bertz CT molecular complexity index is 662. The van der Waals surface area contributed by atoms with Crippen molar-refractivity contribution in [2.75, 3.05) is 19.5 Å². The number of rotatable bonds is 2. The molecular formula is C11H15N5O5. The molecule has 10 nitrogen and oxygen atoms in total. The average Bonchev–Trinajstić information content (AvgIpc) is 2.87. The van der Waals surface area contributed by atoms with E-state index in [1.165, 1.54) is 18.0 Å². The van der Waals surface area contributed by atoms with Crippen LogP contribution >= 0.6 is 0 Å². The number of hydrogen-bond acceptors (Lipinski definition) is 9. The van der Waals surface area contributed by atoms with E-state index >= 15 is 0 Å². The number of aliphatic hydroxyl groups excluding tert-OH is 3. The molecule has 10 heteroatoms. The van der Waals surface area contributed by atoms with Crippen LogP contribution in [0, 0.1) is 0 Å². The highest BCUT2D eigenvalue weighted by atomic mass is 16.5. The molecule has 1 unspecified atom stereocenters. The largest absolute Gasteiger partial charge is 0.479 e. The average molecular weight is 297 g/mol. The minimum absolute atomic E-state index is 0.0213. The van der Waals surface area contributed by atoms with Crippen LogP contribution in [0.4, 0.5) is 5.95 Å². The van der Waals surface area contributed by atoms with E-state index in [1.54, 1.807) is 0 Å². The zero-order valence-electron chi connectivity index (χ0n) is 11.1. The van der Waals surface area contributed by atoms with Gasteiger partial charge < -0.3 is 30.5 Å². The first-order valence-corrected chi connectivity index (χ1v) is 6.22. The summed E-state index contributed by atoms with van der Waals surface area (Å²) in [5, 5.41) is 29.3. The van der Waals surface area contributed by atoms with Gasteiger partial charge >= 0.3 is 0 Å². The Morgan fingerprint density at radius 3 is 2.81 bits per heavy atom. The highest BCUT2D eigenvalue weighted by molar-refractivity contribution is 5.77. The monoisotopic (exact) mass is 297 g/mol. The third kappa shape index (κ3) is 2.17. The van der Waals surface area contributed by atoms with Crippen LogP contribution in [0.25, 0.3) is 11.2 Å². The van der Waals surface area contributed by atoms with Gasteiger partial charge in [0.1, 0.15) is 18.3 Å². The van der Waals surface area contributed by atoms with Gasteiger partial charge in [-0.05, 0) is 0 Å². The molecule has 1 fully saturated rings. The third-order valence-corrected chi connectivity index (χ3v) is 3.35. The van der Waals surface area contributed by atoms with Gasteiger partial charge in [0.05, 0.1) is 20.0 Å². The maximum absolute atomic E-state index is 10.0. The molecule has 0 saturated carbocycles. The lowest BCUT2D eigenvalue weighted by atomic mass is 10.0. The van der Waals surface area contributed by atoms with Crippen LogP contribution < -0.4 is 10.5 Å². The first kappa shape index (κ1) is 13.9. The predicted octanol–water partition coefficient (Wildman–Crippen LogP) is -1.97. The molecule has 114 valence electrons. The second-order valence-corrected chi connectivity index (χ2v) is 4.69. The number of aliphatic hydroxyl groups is 3. The SMILES string of the molecule is COc1nc(N)nc2c1ncn2C1OC[C@@H](O)[C@@H](O)[C@@H]1O. The number of ether oxygens (including phenoxy) is 2. The molecule has 0 aromatic carbocycles. The van der Waals surface area contributed by atoms with Gasteiger partial charge in [-0.15, -0.1) is 0 Å². The summed E-state index contributed by atoms with van der Waals surface area (Å²) >= 11 is 0. The quantitative estimate of drug-likeness (QED) is 0.495. The molecule has 5 N–H and O–H groups in total. The topological polar surface area (TPSA) is 149 Å². The van der Waals surface area contributed by atoms with Crippen molar-refractivity contribution in [3.05, 3.63) is 6.33 Å². The van der Waals surface area contributed by atoms with E-state index in [0.717, 1.165) is 0 Å². The molecular weight excluding hydrogens is 282 g/mol. The number of fused-ring (bicyclic) bond motifs is 1.